The van der Waals surface area contributed by atoms with Crippen LogP contribution >= 0.6 is 0 Å². The summed E-state index contributed by atoms with van der Waals surface area (Å²) in [6.07, 6.45) is 79.3. The molecule has 0 aliphatic heterocycles. The van der Waals surface area contributed by atoms with Crippen LogP contribution < -0.4 is 0 Å². The van der Waals surface area contributed by atoms with Crippen molar-refractivity contribution in [3.63, 3.8) is 0 Å². The summed E-state index contributed by atoms with van der Waals surface area (Å²) in [5.41, 5.74) is 0. The lowest BCUT2D eigenvalue weighted by Crippen LogP contribution is -2.30. The number of hydrogen-bond acceptors (Lipinski definition) is 6. The van der Waals surface area contributed by atoms with Crippen molar-refractivity contribution in [1.29, 1.82) is 0 Å². The molecule has 0 bridgehead atoms. The molecule has 0 aromatic rings. The molecule has 0 amide bonds. The van der Waals surface area contributed by atoms with Crippen LogP contribution in [0.3, 0.4) is 0 Å². The van der Waals surface area contributed by atoms with Gasteiger partial charge in [-0.15, -0.1) is 0 Å². The average Bonchev–Trinajstić information content (AvgIpc) is 3.40. The van der Waals surface area contributed by atoms with Crippen LogP contribution in [0, 0.1) is 0 Å². The molecular formula is C68H122O6. The van der Waals surface area contributed by atoms with Gasteiger partial charge < -0.3 is 14.2 Å². The van der Waals surface area contributed by atoms with Gasteiger partial charge in [0.25, 0.3) is 0 Å². The first-order chi connectivity index (χ1) is 36.5. The lowest BCUT2D eigenvalue weighted by atomic mass is 10.0. The summed E-state index contributed by atoms with van der Waals surface area (Å²) in [5, 5.41) is 0. The van der Waals surface area contributed by atoms with Crippen LogP contribution in [-0.2, 0) is 28.6 Å². The molecule has 0 spiro atoms. The van der Waals surface area contributed by atoms with E-state index in [4.69, 9.17) is 14.2 Å². The van der Waals surface area contributed by atoms with Gasteiger partial charge in [-0.2, -0.15) is 0 Å². The minimum atomic E-state index is -0.781. The van der Waals surface area contributed by atoms with Gasteiger partial charge in [0.2, 0.25) is 0 Å². The van der Waals surface area contributed by atoms with E-state index < -0.39 is 6.10 Å². The molecule has 0 rings (SSSR count). The van der Waals surface area contributed by atoms with Gasteiger partial charge in [-0.25, -0.2) is 0 Å². The van der Waals surface area contributed by atoms with Crippen molar-refractivity contribution in [2.24, 2.45) is 0 Å². The minimum absolute atomic E-state index is 0.0777. The molecule has 0 fully saturated rings. The molecular weight excluding hydrogens is 913 g/mol. The van der Waals surface area contributed by atoms with Crippen molar-refractivity contribution in [2.45, 2.75) is 341 Å². The molecule has 6 nitrogen and oxygen atoms in total. The van der Waals surface area contributed by atoms with E-state index in [2.05, 4.69) is 81.5 Å². The molecule has 0 saturated heterocycles. The van der Waals surface area contributed by atoms with E-state index in [0.717, 1.165) is 77.0 Å². The first-order valence-electron chi connectivity index (χ1n) is 32.3. The van der Waals surface area contributed by atoms with Crippen molar-refractivity contribution >= 4 is 17.9 Å². The first-order valence-corrected chi connectivity index (χ1v) is 32.3. The Kier molecular flexibility index (Phi) is 60.2. The SMILES string of the molecule is CCCCC/C=C\C/C=C\CCCCCCCCCCCC(=O)OC(COC(=O)CCCCCCC/C=C\CCCCCCC)COC(=O)CCCCCCCCCCCCC/C=C\C/C=C\CCCCCCC. The van der Waals surface area contributed by atoms with Gasteiger partial charge >= 0.3 is 17.9 Å². The monoisotopic (exact) mass is 1030 g/mol. The average molecular weight is 1040 g/mol. The molecule has 0 aliphatic carbocycles. The number of rotatable bonds is 59. The Bertz CT molecular complexity index is 1330. The van der Waals surface area contributed by atoms with Gasteiger partial charge in [0.15, 0.2) is 6.10 Å². The standard InChI is InChI=1S/C68H122O6/c1-4-7-10-13-16-19-22-25-28-30-32-33-34-35-37-38-40-43-46-49-52-55-58-61-67(70)73-64-65(63-72-66(69)60-57-54-51-48-45-42-27-24-21-18-15-12-9-6-3)74-68(71)62-59-56-53-50-47-44-41-39-36-31-29-26-23-20-17-14-11-8-5-2/h17,20,22,24-27,29-30,32,65H,4-16,18-19,21,23,28,31,33-64H2,1-3H3/b20-17-,25-22-,27-24-,29-26-,32-30-. The van der Waals surface area contributed by atoms with E-state index in [-0.39, 0.29) is 31.1 Å². The fraction of sp³-hybridized carbons (Fsp3) is 0.809. The summed E-state index contributed by atoms with van der Waals surface area (Å²) in [6, 6.07) is 0. The van der Waals surface area contributed by atoms with Crippen molar-refractivity contribution in [3.05, 3.63) is 60.8 Å². The van der Waals surface area contributed by atoms with Crippen LogP contribution in [0.4, 0.5) is 0 Å². The molecule has 74 heavy (non-hydrogen) atoms. The van der Waals surface area contributed by atoms with Gasteiger partial charge in [0, 0.05) is 19.3 Å². The largest absolute Gasteiger partial charge is 0.462 e. The van der Waals surface area contributed by atoms with Crippen LogP contribution in [0.1, 0.15) is 335 Å². The number of carbonyl (C=O) groups is 3. The minimum Gasteiger partial charge on any atom is -0.462 e. The second kappa shape index (κ2) is 62.6. The highest BCUT2D eigenvalue weighted by molar-refractivity contribution is 5.71. The second-order valence-electron chi connectivity index (χ2n) is 21.7. The van der Waals surface area contributed by atoms with Crippen LogP contribution in [0.15, 0.2) is 60.8 Å². The fourth-order valence-electron chi connectivity index (χ4n) is 9.32. The Labute approximate surface area is 460 Å². The fourth-order valence-corrected chi connectivity index (χ4v) is 9.32. The van der Waals surface area contributed by atoms with Gasteiger partial charge in [0.1, 0.15) is 13.2 Å². The molecule has 0 radical (unpaired) electrons. The lowest BCUT2D eigenvalue weighted by molar-refractivity contribution is -0.167. The van der Waals surface area contributed by atoms with Crippen molar-refractivity contribution < 1.29 is 28.6 Å². The Hall–Kier alpha value is -2.89. The number of ether oxygens (including phenoxy) is 3. The van der Waals surface area contributed by atoms with E-state index >= 15 is 0 Å². The summed E-state index contributed by atoms with van der Waals surface area (Å²) in [4.78, 5) is 38.3. The molecule has 0 aromatic carbocycles. The lowest BCUT2D eigenvalue weighted by Gasteiger charge is -2.18. The maximum Gasteiger partial charge on any atom is 0.306 e. The highest BCUT2D eigenvalue weighted by atomic mass is 16.6. The summed E-state index contributed by atoms with van der Waals surface area (Å²) < 4.78 is 16.9. The van der Waals surface area contributed by atoms with Gasteiger partial charge in [-0.1, -0.05) is 268 Å². The molecule has 0 aliphatic rings. The van der Waals surface area contributed by atoms with Crippen LogP contribution in [-0.4, -0.2) is 37.2 Å². The van der Waals surface area contributed by atoms with E-state index in [1.165, 1.54) is 218 Å². The van der Waals surface area contributed by atoms with E-state index in [1.54, 1.807) is 0 Å². The Morgan fingerprint density at radius 2 is 0.486 bits per heavy atom. The van der Waals surface area contributed by atoms with E-state index in [1.807, 2.05) is 0 Å². The molecule has 0 N–H and O–H groups in total. The summed E-state index contributed by atoms with van der Waals surface area (Å²) >= 11 is 0. The Morgan fingerprint density at radius 3 is 0.784 bits per heavy atom. The zero-order chi connectivity index (χ0) is 53.6. The molecule has 0 heterocycles. The normalized spacial score (nSPS) is 12.4. The third-order valence-electron chi connectivity index (χ3n) is 14.2. The summed E-state index contributed by atoms with van der Waals surface area (Å²) in [5.74, 6) is -0.876. The number of esters is 3. The Morgan fingerprint density at radius 1 is 0.270 bits per heavy atom. The van der Waals surface area contributed by atoms with Crippen molar-refractivity contribution in [3.8, 4) is 0 Å². The first kappa shape index (κ1) is 71.1. The maximum atomic E-state index is 12.9. The predicted molar refractivity (Wildman–Crippen MR) is 321 cm³/mol. The zero-order valence-electron chi connectivity index (χ0n) is 49.4. The number of unbranched alkanes of at least 4 members (excludes halogenated alkanes) is 38. The quantitative estimate of drug-likeness (QED) is 0.0261. The summed E-state index contributed by atoms with van der Waals surface area (Å²) in [6.45, 7) is 6.63. The van der Waals surface area contributed by atoms with Gasteiger partial charge in [0.05, 0.1) is 0 Å². The smallest absolute Gasteiger partial charge is 0.306 e. The number of carbonyl (C=O) groups excluding carboxylic acids is 3. The maximum absolute atomic E-state index is 12.9. The summed E-state index contributed by atoms with van der Waals surface area (Å²) in [7, 11) is 0. The van der Waals surface area contributed by atoms with Crippen molar-refractivity contribution in [1.82, 2.24) is 0 Å². The number of allylic oxidation sites excluding steroid dienone is 10. The number of hydrogen-bond donors (Lipinski definition) is 0. The Balaban J connectivity index is 4.33. The van der Waals surface area contributed by atoms with Crippen molar-refractivity contribution in [2.75, 3.05) is 13.2 Å². The highest BCUT2D eigenvalue weighted by Crippen LogP contribution is 2.16. The van der Waals surface area contributed by atoms with Crippen LogP contribution in [0.25, 0.3) is 0 Å². The van der Waals surface area contributed by atoms with E-state index in [9.17, 15) is 14.4 Å². The predicted octanol–water partition coefficient (Wildman–Crippen LogP) is 21.9. The van der Waals surface area contributed by atoms with Crippen LogP contribution in [0.2, 0.25) is 0 Å². The second-order valence-corrected chi connectivity index (χ2v) is 21.7. The molecule has 6 heteroatoms. The van der Waals surface area contributed by atoms with Gasteiger partial charge in [-0.05, 0) is 109 Å². The van der Waals surface area contributed by atoms with E-state index in [0.29, 0.717) is 19.3 Å². The highest BCUT2D eigenvalue weighted by Gasteiger charge is 2.19. The topological polar surface area (TPSA) is 78.9 Å². The zero-order valence-corrected chi connectivity index (χ0v) is 49.4. The van der Waals surface area contributed by atoms with Crippen LogP contribution in [0.5, 0.6) is 0 Å². The molecule has 0 aromatic heterocycles. The molecule has 1 atom stereocenters. The third-order valence-corrected chi connectivity index (χ3v) is 14.2. The van der Waals surface area contributed by atoms with Gasteiger partial charge in [-0.3, -0.25) is 14.4 Å². The molecule has 0 saturated carbocycles. The molecule has 1 unspecified atom stereocenters. The molecule has 430 valence electrons. The third kappa shape index (κ3) is 60.0.